The highest BCUT2D eigenvalue weighted by Gasteiger charge is 2.29. The zero-order chi connectivity index (χ0) is 25.8. The van der Waals surface area contributed by atoms with Crippen LogP contribution < -0.4 is 5.32 Å². The van der Waals surface area contributed by atoms with Crippen molar-refractivity contribution in [2.45, 2.75) is 31.7 Å². The number of carbonyl (C=O) groups excluding carboxylic acids is 1. The van der Waals surface area contributed by atoms with Crippen molar-refractivity contribution in [2.75, 3.05) is 6.61 Å². The molecule has 5 rings (SSSR count). The Balaban J connectivity index is 1.26. The molecule has 0 unspecified atom stereocenters. The van der Waals surface area contributed by atoms with Crippen molar-refractivity contribution in [3.05, 3.63) is 95.3 Å². The molecule has 186 valence electrons. The zero-order valence-corrected chi connectivity index (χ0v) is 20.2. The minimum atomic E-state index is -1.02. The Bertz CT molecular complexity index is 1400. The van der Waals surface area contributed by atoms with E-state index in [9.17, 15) is 14.7 Å². The van der Waals surface area contributed by atoms with Gasteiger partial charge in [-0.3, -0.25) is 4.79 Å². The number of amides is 1. The molecule has 9 heteroatoms. The number of carbonyl (C=O) groups is 2. The molecule has 0 saturated heterocycles. The van der Waals surface area contributed by atoms with E-state index in [1.807, 2.05) is 60.7 Å². The van der Waals surface area contributed by atoms with Gasteiger partial charge in [0.25, 0.3) is 0 Å². The van der Waals surface area contributed by atoms with E-state index in [0.717, 1.165) is 27.8 Å². The Kier molecular flexibility index (Phi) is 6.85. The molecule has 0 saturated carbocycles. The average molecular weight is 496 g/mol. The Morgan fingerprint density at radius 1 is 0.919 bits per heavy atom. The molecule has 0 bridgehead atoms. The van der Waals surface area contributed by atoms with Crippen LogP contribution in [0, 0.1) is 6.92 Å². The van der Waals surface area contributed by atoms with Gasteiger partial charge in [0.2, 0.25) is 5.82 Å². The van der Waals surface area contributed by atoms with Gasteiger partial charge >= 0.3 is 12.1 Å². The lowest BCUT2D eigenvalue weighted by molar-refractivity contribution is -0.137. The third-order valence-corrected chi connectivity index (χ3v) is 6.33. The van der Waals surface area contributed by atoms with Crippen LogP contribution in [0.1, 0.15) is 34.9 Å². The third kappa shape index (κ3) is 5.45. The van der Waals surface area contributed by atoms with E-state index >= 15 is 0 Å². The maximum absolute atomic E-state index is 12.8. The van der Waals surface area contributed by atoms with Crippen LogP contribution >= 0.6 is 0 Å². The van der Waals surface area contributed by atoms with Crippen molar-refractivity contribution in [1.29, 1.82) is 0 Å². The van der Waals surface area contributed by atoms with E-state index in [0.29, 0.717) is 17.2 Å². The fourth-order valence-corrected chi connectivity index (χ4v) is 4.71. The molecule has 9 nitrogen and oxygen atoms in total. The predicted octanol–water partition coefficient (Wildman–Crippen LogP) is 4.17. The molecule has 0 aliphatic heterocycles. The second-order valence-corrected chi connectivity index (χ2v) is 8.94. The number of nitrogens with one attached hydrogen (secondary N) is 1. The van der Waals surface area contributed by atoms with Crippen molar-refractivity contribution < 1.29 is 19.4 Å². The summed E-state index contributed by atoms with van der Waals surface area (Å²) in [6.07, 6.45) is -0.616. The van der Waals surface area contributed by atoms with Crippen molar-refractivity contribution in [3.63, 3.8) is 0 Å². The Labute approximate surface area is 213 Å². The first-order valence-corrected chi connectivity index (χ1v) is 11.9. The van der Waals surface area contributed by atoms with E-state index < -0.39 is 18.1 Å². The van der Waals surface area contributed by atoms with Gasteiger partial charge in [0, 0.05) is 17.5 Å². The number of fused-ring (bicyclic) bond motifs is 3. The summed E-state index contributed by atoms with van der Waals surface area (Å²) in [6, 6.07) is 22.8. The smallest absolute Gasteiger partial charge is 0.407 e. The van der Waals surface area contributed by atoms with Crippen molar-refractivity contribution in [1.82, 2.24) is 25.7 Å². The van der Waals surface area contributed by atoms with E-state index in [2.05, 4.69) is 37.8 Å². The molecule has 3 aromatic carbocycles. The summed E-state index contributed by atoms with van der Waals surface area (Å²) >= 11 is 0. The number of carboxylic acid groups (broad SMARTS) is 1. The number of aliphatic carboxylic acids is 1. The molecule has 0 fully saturated rings. The monoisotopic (exact) mass is 495 g/mol. The van der Waals surface area contributed by atoms with Crippen LogP contribution in [0.2, 0.25) is 0 Å². The van der Waals surface area contributed by atoms with Crippen molar-refractivity contribution >= 4 is 12.1 Å². The number of aromatic nitrogens is 4. The minimum absolute atomic E-state index is 0.0792. The van der Waals surface area contributed by atoms with Gasteiger partial charge in [-0.1, -0.05) is 66.7 Å². The van der Waals surface area contributed by atoms with Gasteiger partial charge in [-0.2, -0.15) is 0 Å². The lowest BCUT2D eigenvalue weighted by Gasteiger charge is -2.19. The fourth-order valence-electron chi connectivity index (χ4n) is 4.71. The Hall–Kier alpha value is -4.66. The summed E-state index contributed by atoms with van der Waals surface area (Å²) in [5.74, 6) is -0.264. The summed E-state index contributed by atoms with van der Waals surface area (Å²) in [5, 5.41) is 28.1. The van der Waals surface area contributed by atoms with Gasteiger partial charge in [0.1, 0.15) is 6.61 Å². The molecular formula is C28H25N5O4. The standard InChI is InChI=1S/C28H25N5O4/c1-17-30-32-27(33-31-17)19-8-6-7-18(13-19)14-20(15-26(34)35)29-28(36)37-16-25-23-11-4-2-9-21(23)22-10-3-5-12-24(22)25/h2-13,20,25H,14-16H2,1H3,(H,29,36)(H,34,35)/t20-/m1/s1. The summed E-state index contributed by atoms with van der Waals surface area (Å²) < 4.78 is 5.61. The first-order valence-electron chi connectivity index (χ1n) is 11.9. The molecule has 1 atom stereocenters. The second kappa shape index (κ2) is 10.5. The number of nitrogens with zero attached hydrogens (tertiary/aromatic N) is 4. The first kappa shape index (κ1) is 24.1. The molecule has 1 aliphatic carbocycles. The summed E-state index contributed by atoms with van der Waals surface area (Å²) in [5.41, 5.74) is 6.01. The van der Waals surface area contributed by atoms with Gasteiger partial charge in [-0.15, -0.1) is 20.4 Å². The Morgan fingerprint density at radius 3 is 2.22 bits per heavy atom. The molecular weight excluding hydrogens is 470 g/mol. The maximum Gasteiger partial charge on any atom is 0.407 e. The molecule has 0 radical (unpaired) electrons. The van der Waals surface area contributed by atoms with Gasteiger partial charge in [0.05, 0.1) is 6.42 Å². The van der Waals surface area contributed by atoms with E-state index in [4.69, 9.17) is 4.74 Å². The molecule has 2 N–H and O–H groups in total. The minimum Gasteiger partial charge on any atom is -0.481 e. The van der Waals surface area contributed by atoms with Crippen LogP contribution in [0.5, 0.6) is 0 Å². The van der Waals surface area contributed by atoms with Gasteiger partial charge in [-0.25, -0.2) is 4.79 Å². The number of carboxylic acids is 1. The van der Waals surface area contributed by atoms with E-state index in [1.54, 1.807) is 6.92 Å². The summed E-state index contributed by atoms with van der Waals surface area (Å²) in [4.78, 5) is 24.3. The average Bonchev–Trinajstić information content (AvgIpc) is 3.21. The second-order valence-electron chi connectivity index (χ2n) is 8.94. The van der Waals surface area contributed by atoms with E-state index in [1.165, 1.54) is 0 Å². The summed E-state index contributed by atoms with van der Waals surface area (Å²) in [6.45, 7) is 1.85. The molecule has 1 heterocycles. The number of benzene rings is 3. The number of rotatable bonds is 8. The molecule has 0 spiro atoms. The van der Waals surface area contributed by atoms with Gasteiger partial charge in [-0.05, 0) is 47.2 Å². The number of alkyl carbamates (subject to hydrolysis) is 1. The highest BCUT2D eigenvalue weighted by Crippen LogP contribution is 2.44. The van der Waals surface area contributed by atoms with Gasteiger partial charge < -0.3 is 15.2 Å². The van der Waals surface area contributed by atoms with Crippen LogP contribution in [0.3, 0.4) is 0 Å². The molecule has 1 aromatic heterocycles. The van der Waals surface area contributed by atoms with Crippen LogP contribution in [0.25, 0.3) is 22.5 Å². The fraction of sp³-hybridized carbons (Fsp3) is 0.214. The topological polar surface area (TPSA) is 127 Å². The predicted molar refractivity (Wildman–Crippen MR) is 136 cm³/mol. The van der Waals surface area contributed by atoms with Crippen molar-refractivity contribution in [2.24, 2.45) is 0 Å². The van der Waals surface area contributed by atoms with Crippen molar-refractivity contribution in [3.8, 4) is 22.5 Å². The molecule has 1 amide bonds. The number of hydrogen-bond donors (Lipinski definition) is 2. The number of ether oxygens (including phenoxy) is 1. The first-order chi connectivity index (χ1) is 18.0. The largest absolute Gasteiger partial charge is 0.481 e. The molecule has 37 heavy (non-hydrogen) atoms. The van der Waals surface area contributed by atoms with Crippen LogP contribution in [-0.4, -0.2) is 50.2 Å². The maximum atomic E-state index is 12.8. The van der Waals surface area contributed by atoms with Crippen LogP contribution in [0.4, 0.5) is 4.79 Å². The van der Waals surface area contributed by atoms with Crippen LogP contribution in [0.15, 0.2) is 72.8 Å². The summed E-state index contributed by atoms with van der Waals surface area (Å²) in [7, 11) is 0. The normalized spacial score (nSPS) is 12.9. The van der Waals surface area contributed by atoms with Gasteiger partial charge in [0.15, 0.2) is 5.82 Å². The Morgan fingerprint density at radius 2 is 1.57 bits per heavy atom. The quantitative estimate of drug-likeness (QED) is 0.373. The zero-order valence-electron chi connectivity index (χ0n) is 20.2. The molecule has 1 aliphatic rings. The lowest BCUT2D eigenvalue weighted by Crippen LogP contribution is -2.39. The third-order valence-electron chi connectivity index (χ3n) is 6.33. The van der Waals surface area contributed by atoms with Crippen LogP contribution in [-0.2, 0) is 16.0 Å². The molecule has 4 aromatic rings. The highest BCUT2D eigenvalue weighted by molar-refractivity contribution is 5.79. The lowest BCUT2D eigenvalue weighted by atomic mass is 9.98. The van der Waals surface area contributed by atoms with E-state index in [-0.39, 0.29) is 25.4 Å². The SMILES string of the molecule is Cc1nnc(-c2cccc(C[C@H](CC(=O)O)NC(=O)OCC3c4ccccc4-c4ccccc43)c2)nn1. The highest BCUT2D eigenvalue weighted by atomic mass is 16.5. The number of hydrogen-bond acceptors (Lipinski definition) is 7. The number of aryl methyl sites for hydroxylation is 1.